The Kier molecular flexibility index (Phi) is 11.3. The highest BCUT2D eigenvalue weighted by Gasteiger charge is 2.33. The van der Waals surface area contributed by atoms with Crippen LogP contribution in [0.25, 0.3) is 0 Å². The van der Waals surface area contributed by atoms with E-state index in [9.17, 15) is 0 Å². The van der Waals surface area contributed by atoms with Crippen molar-refractivity contribution >= 4 is 0 Å². The lowest BCUT2D eigenvalue weighted by atomic mass is 9.85. The monoisotopic (exact) mass is 298 g/mol. The first kappa shape index (κ1) is 19.0. The third kappa shape index (κ3) is 8.21. The Bertz CT molecular complexity index is 230. The van der Waals surface area contributed by atoms with Crippen LogP contribution in [0.2, 0.25) is 0 Å². The van der Waals surface area contributed by atoms with Gasteiger partial charge in [-0.3, -0.25) is 0 Å². The zero-order valence-corrected chi connectivity index (χ0v) is 14.7. The summed E-state index contributed by atoms with van der Waals surface area (Å²) in [6.07, 6.45) is 16.8. The zero-order valence-electron chi connectivity index (χ0n) is 14.7. The van der Waals surface area contributed by atoms with E-state index in [4.69, 9.17) is 9.78 Å². The van der Waals surface area contributed by atoms with E-state index in [2.05, 4.69) is 20.8 Å². The SMILES string of the molecule is CCCCCCCCC(CCCCCC)C1OOCC1C. The lowest BCUT2D eigenvalue weighted by Crippen LogP contribution is -2.25. The Morgan fingerprint density at radius 2 is 1.33 bits per heavy atom. The lowest BCUT2D eigenvalue weighted by molar-refractivity contribution is -0.284. The maximum Gasteiger partial charge on any atom is 0.101 e. The highest BCUT2D eigenvalue weighted by atomic mass is 17.2. The molecule has 0 amide bonds. The third-order valence-electron chi connectivity index (χ3n) is 4.89. The van der Waals surface area contributed by atoms with Crippen molar-refractivity contribution in [3.63, 3.8) is 0 Å². The molecule has 0 radical (unpaired) electrons. The van der Waals surface area contributed by atoms with Crippen molar-refractivity contribution in [2.24, 2.45) is 11.8 Å². The Labute approximate surface area is 132 Å². The molecule has 2 heteroatoms. The Balaban J connectivity index is 2.23. The molecule has 21 heavy (non-hydrogen) atoms. The molecule has 3 atom stereocenters. The van der Waals surface area contributed by atoms with E-state index in [0.29, 0.717) is 17.9 Å². The van der Waals surface area contributed by atoms with Crippen LogP contribution >= 0.6 is 0 Å². The molecule has 1 aliphatic heterocycles. The normalized spacial score (nSPS) is 23.6. The summed E-state index contributed by atoms with van der Waals surface area (Å²) in [4.78, 5) is 10.8. The quantitative estimate of drug-likeness (QED) is 0.294. The lowest BCUT2D eigenvalue weighted by Gasteiger charge is -2.24. The van der Waals surface area contributed by atoms with Crippen LogP contribution in [0.4, 0.5) is 0 Å². The molecule has 1 rings (SSSR count). The average Bonchev–Trinajstić information content (AvgIpc) is 2.91. The molecule has 0 aromatic heterocycles. The maximum atomic E-state index is 5.58. The van der Waals surface area contributed by atoms with Gasteiger partial charge >= 0.3 is 0 Å². The molecule has 0 aromatic carbocycles. The average molecular weight is 299 g/mol. The highest BCUT2D eigenvalue weighted by Crippen LogP contribution is 2.31. The fraction of sp³-hybridized carbons (Fsp3) is 1.00. The molecule has 0 aliphatic carbocycles. The van der Waals surface area contributed by atoms with E-state index < -0.39 is 0 Å². The van der Waals surface area contributed by atoms with Crippen molar-refractivity contribution in [3.8, 4) is 0 Å². The fourth-order valence-corrected chi connectivity index (χ4v) is 3.45. The van der Waals surface area contributed by atoms with Gasteiger partial charge in [-0.15, -0.1) is 0 Å². The summed E-state index contributed by atoms with van der Waals surface area (Å²) in [5.41, 5.74) is 0. The van der Waals surface area contributed by atoms with E-state index in [1.54, 1.807) is 0 Å². The number of rotatable bonds is 13. The summed E-state index contributed by atoms with van der Waals surface area (Å²) in [5, 5.41) is 0. The van der Waals surface area contributed by atoms with Crippen LogP contribution in [-0.4, -0.2) is 12.7 Å². The van der Waals surface area contributed by atoms with Crippen molar-refractivity contribution < 1.29 is 9.78 Å². The van der Waals surface area contributed by atoms with E-state index >= 15 is 0 Å². The molecule has 1 heterocycles. The van der Waals surface area contributed by atoms with Crippen molar-refractivity contribution in [1.29, 1.82) is 0 Å². The van der Waals surface area contributed by atoms with E-state index in [0.717, 1.165) is 6.61 Å². The molecule has 1 fully saturated rings. The van der Waals surface area contributed by atoms with Gasteiger partial charge in [-0.2, -0.15) is 0 Å². The molecule has 1 saturated heterocycles. The fourth-order valence-electron chi connectivity index (χ4n) is 3.45. The van der Waals surface area contributed by atoms with Gasteiger partial charge in [0.2, 0.25) is 0 Å². The number of unbranched alkanes of at least 4 members (excludes halogenated alkanes) is 8. The second-order valence-corrected chi connectivity index (χ2v) is 6.99. The van der Waals surface area contributed by atoms with Crippen LogP contribution in [0.3, 0.4) is 0 Å². The molecule has 0 spiro atoms. The molecule has 0 aromatic rings. The van der Waals surface area contributed by atoms with Crippen LogP contribution in [0.1, 0.15) is 97.8 Å². The summed E-state index contributed by atoms with van der Waals surface area (Å²) in [5.74, 6) is 1.28. The summed E-state index contributed by atoms with van der Waals surface area (Å²) in [7, 11) is 0. The molecule has 126 valence electrons. The standard InChI is InChI=1S/C19H38O2/c1-4-6-8-10-11-13-15-18(14-12-9-7-5-2)19-17(3)16-20-21-19/h17-19H,4-16H2,1-3H3. The van der Waals surface area contributed by atoms with Gasteiger partial charge in [0.25, 0.3) is 0 Å². The van der Waals surface area contributed by atoms with Crippen LogP contribution in [-0.2, 0) is 9.78 Å². The van der Waals surface area contributed by atoms with E-state index in [1.807, 2.05) is 0 Å². The topological polar surface area (TPSA) is 18.5 Å². The summed E-state index contributed by atoms with van der Waals surface area (Å²) < 4.78 is 0. The predicted molar refractivity (Wildman–Crippen MR) is 90.2 cm³/mol. The Morgan fingerprint density at radius 1 is 0.810 bits per heavy atom. The molecule has 0 bridgehead atoms. The zero-order chi connectivity index (χ0) is 15.3. The molecule has 1 aliphatic rings. The van der Waals surface area contributed by atoms with Crippen LogP contribution in [0, 0.1) is 11.8 Å². The summed E-state index contributed by atoms with van der Waals surface area (Å²) >= 11 is 0. The predicted octanol–water partition coefficient (Wildman–Crippen LogP) is 6.29. The largest absolute Gasteiger partial charge is 0.236 e. The number of hydrogen-bond donors (Lipinski definition) is 0. The van der Waals surface area contributed by atoms with Crippen molar-refractivity contribution in [2.75, 3.05) is 6.61 Å². The Morgan fingerprint density at radius 3 is 1.86 bits per heavy atom. The smallest absolute Gasteiger partial charge is 0.101 e. The number of hydrogen-bond acceptors (Lipinski definition) is 2. The third-order valence-corrected chi connectivity index (χ3v) is 4.89. The summed E-state index contributed by atoms with van der Waals surface area (Å²) in [6.45, 7) is 7.62. The van der Waals surface area contributed by atoms with Gasteiger partial charge in [-0.25, -0.2) is 9.78 Å². The van der Waals surface area contributed by atoms with Gasteiger partial charge in [0, 0.05) is 5.92 Å². The second kappa shape index (κ2) is 12.5. The highest BCUT2D eigenvalue weighted by molar-refractivity contribution is 4.77. The van der Waals surface area contributed by atoms with Crippen LogP contribution < -0.4 is 0 Å². The van der Waals surface area contributed by atoms with Gasteiger partial charge in [-0.1, -0.05) is 85.0 Å². The molecule has 0 saturated carbocycles. The molecular formula is C19H38O2. The van der Waals surface area contributed by atoms with Crippen LogP contribution in [0.15, 0.2) is 0 Å². The molecule has 2 nitrogen and oxygen atoms in total. The molecule has 0 N–H and O–H groups in total. The Hall–Kier alpha value is -0.0800. The van der Waals surface area contributed by atoms with Crippen molar-refractivity contribution in [3.05, 3.63) is 0 Å². The van der Waals surface area contributed by atoms with Gasteiger partial charge in [0.1, 0.15) is 6.10 Å². The summed E-state index contributed by atoms with van der Waals surface area (Å²) in [6, 6.07) is 0. The minimum atomic E-state index is 0.349. The van der Waals surface area contributed by atoms with Crippen molar-refractivity contribution in [2.45, 2.75) is 104 Å². The second-order valence-electron chi connectivity index (χ2n) is 6.99. The minimum Gasteiger partial charge on any atom is -0.236 e. The van der Waals surface area contributed by atoms with Gasteiger partial charge in [0.15, 0.2) is 0 Å². The van der Waals surface area contributed by atoms with Gasteiger partial charge in [0.05, 0.1) is 6.61 Å². The van der Waals surface area contributed by atoms with E-state index in [-0.39, 0.29) is 0 Å². The molecule has 3 unspecified atom stereocenters. The maximum absolute atomic E-state index is 5.58. The first-order valence-corrected chi connectivity index (χ1v) is 9.57. The first-order valence-electron chi connectivity index (χ1n) is 9.57. The van der Waals surface area contributed by atoms with E-state index in [1.165, 1.54) is 77.0 Å². The van der Waals surface area contributed by atoms with Gasteiger partial charge < -0.3 is 0 Å². The van der Waals surface area contributed by atoms with Crippen LogP contribution in [0.5, 0.6) is 0 Å². The molecular weight excluding hydrogens is 260 g/mol. The first-order chi connectivity index (χ1) is 10.3. The van der Waals surface area contributed by atoms with Gasteiger partial charge in [-0.05, 0) is 18.8 Å². The van der Waals surface area contributed by atoms with Crippen molar-refractivity contribution in [1.82, 2.24) is 0 Å². The minimum absolute atomic E-state index is 0.349.